The Labute approximate surface area is 136 Å². The number of hydrogen-bond donors (Lipinski definition) is 2. The lowest BCUT2D eigenvalue weighted by atomic mass is 10.1. The molecule has 1 aliphatic carbocycles. The van der Waals surface area contributed by atoms with E-state index in [0.29, 0.717) is 12.0 Å². The fraction of sp³-hybridized carbons (Fsp3) is 0.500. The molecule has 1 aromatic rings. The predicted octanol–water partition coefficient (Wildman–Crippen LogP) is 3.35. The molecule has 1 atom stereocenters. The molecular formula is C14H22IN3S. The number of thiophene rings is 1. The van der Waals surface area contributed by atoms with Crippen LogP contribution in [0.25, 0.3) is 0 Å². The molecule has 106 valence electrons. The van der Waals surface area contributed by atoms with Crippen LogP contribution in [0.1, 0.15) is 30.6 Å². The van der Waals surface area contributed by atoms with Gasteiger partial charge in [-0.1, -0.05) is 25.1 Å². The van der Waals surface area contributed by atoms with Crippen molar-refractivity contribution >= 4 is 41.3 Å². The van der Waals surface area contributed by atoms with Gasteiger partial charge < -0.3 is 10.6 Å². The fourth-order valence-corrected chi connectivity index (χ4v) is 2.83. The van der Waals surface area contributed by atoms with E-state index in [-0.39, 0.29) is 24.0 Å². The number of halogens is 1. The normalized spacial score (nSPS) is 17.1. The Morgan fingerprint density at radius 2 is 2.21 bits per heavy atom. The third-order valence-electron chi connectivity index (χ3n) is 3.18. The van der Waals surface area contributed by atoms with Gasteiger partial charge in [-0.3, -0.25) is 4.99 Å². The van der Waals surface area contributed by atoms with E-state index in [0.717, 1.165) is 25.3 Å². The first-order valence-corrected chi connectivity index (χ1v) is 7.33. The minimum atomic E-state index is 0. The third-order valence-corrected chi connectivity index (χ3v) is 4.28. The SMILES string of the molecule is CN=C(NCC(C)c1cccs1)NC1CC=CC1.I. The summed E-state index contributed by atoms with van der Waals surface area (Å²) in [6, 6.07) is 4.80. The van der Waals surface area contributed by atoms with Crippen molar-refractivity contribution in [3.05, 3.63) is 34.5 Å². The average Bonchev–Trinajstić information content (AvgIpc) is 3.06. The van der Waals surface area contributed by atoms with Crippen molar-refractivity contribution in [2.75, 3.05) is 13.6 Å². The van der Waals surface area contributed by atoms with Crippen molar-refractivity contribution in [1.29, 1.82) is 0 Å². The molecule has 0 spiro atoms. The average molecular weight is 391 g/mol. The smallest absolute Gasteiger partial charge is 0.191 e. The lowest BCUT2D eigenvalue weighted by Crippen LogP contribution is -2.43. The predicted molar refractivity (Wildman–Crippen MR) is 94.8 cm³/mol. The summed E-state index contributed by atoms with van der Waals surface area (Å²) < 4.78 is 0. The van der Waals surface area contributed by atoms with Crippen molar-refractivity contribution in [3.63, 3.8) is 0 Å². The summed E-state index contributed by atoms with van der Waals surface area (Å²) in [4.78, 5) is 5.69. The Balaban J connectivity index is 0.00000180. The highest BCUT2D eigenvalue weighted by Gasteiger charge is 2.12. The Bertz CT molecular complexity index is 406. The molecule has 3 nitrogen and oxygen atoms in total. The van der Waals surface area contributed by atoms with Crippen LogP contribution in [0.4, 0.5) is 0 Å². The maximum atomic E-state index is 4.27. The highest BCUT2D eigenvalue weighted by molar-refractivity contribution is 14.0. The lowest BCUT2D eigenvalue weighted by Gasteiger charge is -2.18. The summed E-state index contributed by atoms with van der Waals surface area (Å²) in [5, 5.41) is 8.98. The summed E-state index contributed by atoms with van der Waals surface area (Å²) in [7, 11) is 1.83. The lowest BCUT2D eigenvalue weighted by molar-refractivity contribution is 0.623. The fourth-order valence-electron chi connectivity index (χ4n) is 2.05. The molecule has 0 fully saturated rings. The molecule has 0 radical (unpaired) electrons. The highest BCUT2D eigenvalue weighted by atomic mass is 127. The molecule has 0 bridgehead atoms. The molecule has 0 saturated carbocycles. The van der Waals surface area contributed by atoms with E-state index in [1.807, 2.05) is 18.4 Å². The van der Waals surface area contributed by atoms with Gasteiger partial charge in [-0.2, -0.15) is 0 Å². The van der Waals surface area contributed by atoms with Crippen LogP contribution in [-0.2, 0) is 0 Å². The maximum Gasteiger partial charge on any atom is 0.191 e. The van der Waals surface area contributed by atoms with Crippen LogP contribution in [0, 0.1) is 0 Å². The van der Waals surface area contributed by atoms with Crippen LogP contribution >= 0.6 is 35.3 Å². The molecule has 0 amide bonds. The molecule has 1 heterocycles. The molecule has 1 aromatic heterocycles. The van der Waals surface area contributed by atoms with E-state index in [4.69, 9.17) is 0 Å². The third kappa shape index (κ3) is 5.14. The van der Waals surface area contributed by atoms with E-state index in [2.05, 4.69) is 52.2 Å². The Morgan fingerprint density at radius 1 is 1.47 bits per heavy atom. The van der Waals surface area contributed by atoms with Gasteiger partial charge >= 0.3 is 0 Å². The van der Waals surface area contributed by atoms with Crippen molar-refractivity contribution in [2.24, 2.45) is 4.99 Å². The van der Waals surface area contributed by atoms with Gasteiger partial charge in [0.25, 0.3) is 0 Å². The zero-order valence-corrected chi connectivity index (χ0v) is 14.6. The van der Waals surface area contributed by atoms with Gasteiger partial charge in [-0.15, -0.1) is 35.3 Å². The number of rotatable bonds is 4. The Kier molecular flexibility index (Phi) is 7.45. The monoisotopic (exact) mass is 391 g/mol. The Morgan fingerprint density at radius 3 is 2.79 bits per heavy atom. The van der Waals surface area contributed by atoms with E-state index >= 15 is 0 Å². The number of nitrogens with one attached hydrogen (secondary N) is 2. The first kappa shape index (κ1) is 16.5. The van der Waals surface area contributed by atoms with E-state index in [9.17, 15) is 0 Å². The largest absolute Gasteiger partial charge is 0.356 e. The molecule has 19 heavy (non-hydrogen) atoms. The molecular weight excluding hydrogens is 369 g/mol. The van der Waals surface area contributed by atoms with E-state index in [1.165, 1.54) is 4.88 Å². The molecule has 0 saturated heterocycles. The van der Waals surface area contributed by atoms with Crippen molar-refractivity contribution in [3.8, 4) is 0 Å². The number of guanidine groups is 1. The second-order valence-corrected chi connectivity index (χ2v) is 5.63. The van der Waals surface area contributed by atoms with Crippen LogP contribution in [0.3, 0.4) is 0 Å². The second kappa shape index (κ2) is 8.58. The minimum Gasteiger partial charge on any atom is -0.356 e. The molecule has 5 heteroatoms. The Hall–Kier alpha value is -0.560. The molecule has 2 rings (SSSR count). The molecule has 1 unspecified atom stereocenters. The van der Waals surface area contributed by atoms with Gasteiger partial charge in [0.2, 0.25) is 0 Å². The zero-order valence-electron chi connectivity index (χ0n) is 11.4. The first-order valence-electron chi connectivity index (χ1n) is 6.45. The summed E-state index contributed by atoms with van der Waals surface area (Å²) in [5.41, 5.74) is 0. The standard InChI is InChI=1S/C14H21N3S.HI/c1-11(13-8-5-9-18-13)10-16-14(15-2)17-12-6-3-4-7-12;/h3-5,8-9,11-12H,6-7,10H2,1-2H3,(H2,15,16,17);1H. The molecule has 0 aromatic carbocycles. The van der Waals surface area contributed by atoms with E-state index in [1.54, 1.807) is 0 Å². The zero-order chi connectivity index (χ0) is 12.8. The minimum absolute atomic E-state index is 0. The van der Waals surface area contributed by atoms with E-state index < -0.39 is 0 Å². The van der Waals surface area contributed by atoms with Gasteiger partial charge in [0.05, 0.1) is 0 Å². The van der Waals surface area contributed by atoms with Gasteiger partial charge in [-0.25, -0.2) is 0 Å². The van der Waals surface area contributed by atoms with Crippen molar-refractivity contribution in [2.45, 2.75) is 31.7 Å². The van der Waals surface area contributed by atoms with Crippen LogP contribution < -0.4 is 10.6 Å². The highest BCUT2D eigenvalue weighted by Crippen LogP contribution is 2.19. The van der Waals surface area contributed by atoms with Crippen LogP contribution in [0.2, 0.25) is 0 Å². The number of hydrogen-bond acceptors (Lipinski definition) is 2. The second-order valence-electron chi connectivity index (χ2n) is 4.65. The van der Waals surface area contributed by atoms with Gasteiger partial charge in [0, 0.05) is 30.4 Å². The molecule has 2 N–H and O–H groups in total. The van der Waals surface area contributed by atoms with Crippen LogP contribution in [-0.4, -0.2) is 25.6 Å². The summed E-state index contributed by atoms with van der Waals surface area (Å²) in [5.74, 6) is 1.43. The summed E-state index contributed by atoms with van der Waals surface area (Å²) in [6.07, 6.45) is 6.64. The molecule has 1 aliphatic rings. The topological polar surface area (TPSA) is 36.4 Å². The summed E-state index contributed by atoms with van der Waals surface area (Å²) >= 11 is 1.81. The van der Waals surface area contributed by atoms with Gasteiger partial charge in [-0.05, 0) is 24.3 Å². The maximum absolute atomic E-state index is 4.27. The van der Waals surface area contributed by atoms with Gasteiger partial charge in [0.15, 0.2) is 5.96 Å². The van der Waals surface area contributed by atoms with Crippen LogP contribution in [0.15, 0.2) is 34.7 Å². The van der Waals surface area contributed by atoms with Gasteiger partial charge in [0.1, 0.15) is 0 Å². The number of nitrogens with zero attached hydrogens (tertiary/aromatic N) is 1. The first-order chi connectivity index (χ1) is 8.79. The molecule has 0 aliphatic heterocycles. The summed E-state index contributed by atoms with van der Waals surface area (Å²) in [6.45, 7) is 3.16. The van der Waals surface area contributed by atoms with Crippen molar-refractivity contribution in [1.82, 2.24) is 10.6 Å². The van der Waals surface area contributed by atoms with Crippen molar-refractivity contribution < 1.29 is 0 Å². The number of aliphatic imine (C=N–C) groups is 1. The van der Waals surface area contributed by atoms with Crippen LogP contribution in [0.5, 0.6) is 0 Å². The quantitative estimate of drug-likeness (QED) is 0.358.